The predicted molar refractivity (Wildman–Crippen MR) is 75.5 cm³/mol. The molecule has 0 saturated heterocycles. The Morgan fingerprint density at radius 2 is 2.11 bits per heavy atom. The predicted octanol–water partition coefficient (Wildman–Crippen LogP) is 2.76. The van der Waals surface area contributed by atoms with Crippen LogP contribution < -0.4 is 0 Å². The first-order valence-corrected chi connectivity index (χ1v) is 7.91. The van der Waals surface area contributed by atoms with Crippen LogP contribution in [0.25, 0.3) is 0 Å². The standard InChI is InChI=1S/C11H15BrClNO3S/c1-14(6-3-7-17-2)18(15,16)9-4-5-11(13)10(12)8-9/h4-5,8H,3,6-7H2,1-2H3. The van der Waals surface area contributed by atoms with Gasteiger partial charge in [0.2, 0.25) is 10.0 Å². The van der Waals surface area contributed by atoms with Crippen molar-refractivity contribution in [2.45, 2.75) is 11.3 Å². The molecule has 0 aromatic heterocycles. The summed E-state index contributed by atoms with van der Waals surface area (Å²) in [5.74, 6) is 0. The lowest BCUT2D eigenvalue weighted by atomic mass is 10.4. The molecular formula is C11H15BrClNO3S. The lowest BCUT2D eigenvalue weighted by molar-refractivity contribution is 0.189. The summed E-state index contributed by atoms with van der Waals surface area (Å²) in [7, 11) is -0.332. The van der Waals surface area contributed by atoms with Crippen LogP contribution in [0.4, 0.5) is 0 Å². The number of hydrogen-bond acceptors (Lipinski definition) is 3. The zero-order valence-electron chi connectivity index (χ0n) is 10.2. The quantitative estimate of drug-likeness (QED) is 0.736. The maximum Gasteiger partial charge on any atom is 0.242 e. The van der Waals surface area contributed by atoms with E-state index < -0.39 is 10.0 Å². The fourth-order valence-electron chi connectivity index (χ4n) is 1.37. The highest BCUT2D eigenvalue weighted by Gasteiger charge is 2.20. The number of sulfonamides is 1. The highest BCUT2D eigenvalue weighted by atomic mass is 79.9. The lowest BCUT2D eigenvalue weighted by Crippen LogP contribution is -2.28. The van der Waals surface area contributed by atoms with E-state index in [1.807, 2.05) is 0 Å². The highest BCUT2D eigenvalue weighted by molar-refractivity contribution is 9.10. The summed E-state index contributed by atoms with van der Waals surface area (Å²) in [6.07, 6.45) is 0.654. The van der Waals surface area contributed by atoms with Gasteiger partial charge in [-0.25, -0.2) is 12.7 Å². The van der Waals surface area contributed by atoms with Crippen molar-refractivity contribution in [1.29, 1.82) is 0 Å². The normalized spacial score (nSPS) is 12.1. The molecule has 1 rings (SSSR count). The molecule has 0 amide bonds. The second-order valence-electron chi connectivity index (χ2n) is 3.75. The molecular weight excluding hydrogens is 342 g/mol. The molecule has 7 heteroatoms. The Labute approximate surface area is 121 Å². The molecule has 0 atom stereocenters. The Morgan fingerprint density at radius 3 is 2.67 bits per heavy atom. The maximum absolute atomic E-state index is 12.2. The molecule has 1 aromatic rings. The van der Waals surface area contributed by atoms with Crippen LogP contribution >= 0.6 is 27.5 Å². The minimum absolute atomic E-state index is 0.221. The number of benzene rings is 1. The zero-order chi connectivity index (χ0) is 13.8. The van der Waals surface area contributed by atoms with Crippen LogP contribution in [-0.2, 0) is 14.8 Å². The first kappa shape index (κ1) is 15.9. The maximum atomic E-state index is 12.2. The third kappa shape index (κ3) is 3.93. The van der Waals surface area contributed by atoms with Gasteiger partial charge in [0.05, 0.1) is 9.92 Å². The smallest absolute Gasteiger partial charge is 0.242 e. The van der Waals surface area contributed by atoms with Crippen LogP contribution in [0.1, 0.15) is 6.42 Å². The summed E-state index contributed by atoms with van der Waals surface area (Å²) in [4.78, 5) is 0.221. The van der Waals surface area contributed by atoms with E-state index in [2.05, 4.69) is 15.9 Å². The number of hydrogen-bond donors (Lipinski definition) is 0. The Morgan fingerprint density at radius 1 is 1.44 bits per heavy atom. The van der Waals surface area contributed by atoms with E-state index in [-0.39, 0.29) is 4.90 Å². The Hall–Kier alpha value is -0.140. The topological polar surface area (TPSA) is 46.6 Å². The van der Waals surface area contributed by atoms with Gasteiger partial charge in [-0.2, -0.15) is 0 Å². The molecule has 0 bridgehead atoms. The summed E-state index contributed by atoms with van der Waals surface area (Å²) in [6, 6.07) is 4.56. The molecule has 4 nitrogen and oxygen atoms in total. The molecule has 0 fully saturated rings. The molecule has 102 valence electrons. The van der Waals surface area contributed by atoms with E-state index in [1.54, 1.807) is 20.2 Å². The average molecular weight is 357 g/mol. The monoisotopic (exact) mass is 355 g/mol. The minimum Gasteiger partial charge on any atom is -0.385 e. The molecule has 0 aliphatic rings. The van der Waals surface area contributed by atoms with Crippen molar-refractivity contribution in [3.8, 4) is 0 Å². The number of rotatable bonds is 6. The fraction of sp³-hybridized carbons (Fsp3) is 0.455. The van der Waals surface area contributed by atoms with Crippen molar-refractivity contribution in [2.24, 2.45) is 0 Å². The SMILES string of the molecule is COCCCN(C)S(=O)(=O)c1ccc(Cl)c(Br)c1. The second-order valence-corrected chi connectivity index (χ2v) is 7.06. The van der Waals surface area contributed by atoms with E-state index in [0.717, 1.165) is 0 Å². The van der Waals surface area contributed by atoms with Gasteiger partial charge in [-0.3, -0.25) is 0 Å². The molecule has 0 aliphatic carbocycles. The molecule has 0 N–H and O–H groups in total. The lowest BCUT2D eigenvalue weighted by Gasteiger charge is -2.17. The second kappa shape index (κ2) is 6.86. The van der Waals surface area contributed by atoms with Crippen LogP contribution in [0.15, 0.2) is 27.6 Å². The van der Waals surface area contributed by atoms with Gasteiger partial charge in [0.25, 0.3) is 0 Å². The molecule has 0 radical (unpaired) electrons. The summed E-state index contributed by atoms with van der Waals surface area (Å²) >= 11 is 9.06. The molecule has 18 heavy (non-hydrogen) atoms. The van der Waals surface area contributed by atoms with Gasteiger partial charge < -0.3 is 4.74 Å². The number of halogens is 2. The first-order chi connectivity index (χ1) is 8.39. The molecule has 1 aromatic carbocycles. The van der Waals surface area contributed by atoms with Crippen LogP contribution in [0.5, 0.6) is 0 Å². The Balaban J connectivity index is 2.88. The van der Waals surface area contributed by atoms with Gasteiger partial charge in [0.1, 0.15) is 0 Å². The summed E-state index contributed by atoms with van der Waals surface area (Å²) in [5.41, 5.74) is 0. The molecule has 0 aliphatic heterocycles. The van der Waals surface area contributed by atoms with E-state index >= 15 is 0 Å². The van der Waals surface area contributed by atoms with Gasteiger partial charge in [0.15, 0.2) is 0 Å². The van der Waals surface area contributed by atoms with Crippen molar-refractivity contribution >= 4 is 37.6 Å². The number of ether oxygens (including phenoxy) is 1. The van der Waals surface area contributed by atoms with Crippen molar-refractivity contribution in [2.75, 3.05) is 27.3 Å². The molecule has 0 spiro atoms. The summed E-state index contributed by atoms with van der Waals surface area (Å²) in [6.45, 7) is 0.945. The van der Waals surface area contributed by atoms with Gasteiger partial charge in [-0.05, 0) is 40.5 Å². The highest BCUT2D eigenvalue weighted by Crippen LogP contribution is 2.26. The minimum atomic E-state index is -3.47. The largest absolute Gasteiger partial charge is 0.385 e. The number of methoxy groups -OCH3 is 1. The van der Waals surface area contributed by atoms with E-state index in [9.17, 15) is 8.42 Å². The molecule has 0 saturated carbocycles. The van der Waals surface area contributed by atoms with Crippen LogP contribution in [0, 0.1) is 0 Å². The molecule has 0 unspecified atom stereocenters. The van der Waals surface area contributed by atoms with E-state index in [0.29, 0.717) is 29.1 Å². The fourth-order valence-corrected chi connectivity index (χ4v) is 3.25. The average Bonchev–Trinajstić information content (AvgIpc) is 2.32. The van der Waals surface area contributed by atoms with Gasteiger partial charge in [-0.1, -0.05) is 11.6 Å². The zero-order valence-corrected chi connectivity index (χ0v) is 13.3. The third-order valence-electron chi connectivity index (χ3n) is 2.42. The third-order valence-corrected chi connectivity index (χ3v) is 5.49. The van der Waals surface area contributed by atoms with Crippen molar-refractivity contribution < 1.29 is 13.2 Å². The summed E-state index contributed by atoms with van der Waals surface area (Å²) in [5, 5.41) is 0.482. The van der Waals surface area contributed by atoms with Gasteiger partial charge in [-0.15, -0.1) is 0 Å². The Kier molecular flexibility index (Phi) is 6.07. The van der Waals surface area contributed by atoms with E-state index in [4.69, 9.17) is 16.3 Å². The van der Waals surface area contributed by atoms with Crippen LogP contribution in [-0.4, -0.2) is 40.0 Å². The van der Waals surface area contributed by atoms with Crippen molar-refractivity contribution in [1.82, 2.24) is 4.31 Å². The van der Waals surface area contributed by atoms with Gasteiger partial charge >= 0.3 is 0 Å². The number of nitrogens with zero attached hydrogens (tertiary/aromatic N) is 1. The Bertz CT molecular complexity index is 507. The first-order valence-electron chi connectivity index (χ1n) is 5.30. The van der Waals surface area contributed by atoms with E-state index in [1.165, 1.54) is 16.4 Å². The van der Waals surface area contributed by atoms with Crippen LogP contribution in [0.3, 0.4) is 0 Å². The molecule has 0 heterocycles. The van der Waals surface area contributed by atoms with Gasteiger partial charge in [0, 0.05) is 31.8 Å². The van der Waals surface area contributed by atoms with Crippen LogP contribution in [0.2, 0.25) is 5.02 Å². The van der Waals surface area contributed by atoms with Crippen molar-refractivity contribution in [3.63, 3.8) is 0 Å². The van der Waals surface area contributed by atoms with Crippen molar-refractivity contribution in [3.05, 3.63) is 27.7 Å². The summed E-state index contributed by atoms with van der Waals surface area (Å²) < 4.78 is 31.2.